The van der Waals surface area contributed by atoms with Gasteiger partial charge >= 0.3 is 0 Å². The fraction of sp³-hybridized carbons (Fsp3) is 0.476. The maximum atomic E-state index is 12.5. The standard InChI is InChI=1S/C21H27NO3S/c1-14(2)5-4-6-15(3)22-21(23)20-10-9-19(26-20)16-7-8-17-18(13-16)25-12-11-24-17/h7-10,13-15H,4-6,11-12H2,1-3H3,(H,22,23). The van der Waals surface area contributed by atoms with Gasteiger partial charge in [-0.25, -0.2) is 0 Å². The van der Waals surface area contributed by atoms with Crippen molar-refractivity contribution in [2.24, 2.45) is 5.92 Å². The van der Waals surface area contributed by atoms with E-state index in [1.807, 2.05) is 30.3 Å². The molecule has 0 bridgehead atoms. The molecule has 2 heterocycles. The molecule has 26 heavy (non-hydrogen) atoms. The fourth-order valence-corrected chi connectivity index (χ4v) is 3.92. The van der Waals surface area contributed by atoms with Gasteiger partial charge in [0.1, 0.15) is 13.2 Å². The quantitative estimate of drug-likeness (QED) is 0.732. The molecule has 1 aliphatic heterocycles. The molecule has 3 rings (SSSR count). The maximum absolute atomic E-state index is 12.5. The van der Waals surface area contributed by atoms with Crippen LogP contribution in [-0.4, -0.2) is 25.2 Å². The Kier molecular flexibility index (Phi) is 6.20. The normalized spacial score (nSPS) is 14.3. The third-order valence-electron chi connectivity index (χ3n) is 4.45. The van der Waals surface area contributed by atoms with Crippen LogP contribution in [0.25, 0.3) is 10.4 Å². The van der Waals surface area contributed by atoms with Gasteiger partial charge in [-0.15, -0.1) is 11.3 Å². The summed E-state index contributed by atoms with van der Waals surface area (Å²) in [5, 5.41) is 3.11. The van der Waals surface area contributed by atoms with Crippen LogP contribution in [0, 0.1) is 5.92 Å². The van der Waals surface area contributed by atoms with E-state index in [2.05, 4.69) is 26.1 Å². The Bertz CT molecular complexity index is 753. The van der Waals surface area contributed by atoms with Crippen LogP contribution < -0.4 is 14.8 Å². The average Bonchev–Trinajstić information content (AvgIpc) is 3.11. The number of carbonyl (C=O) groups excluding carboxylic acids is 1. The van der Waals surface area contributed by atoms with Gasteiger partial charge in [0.25, 0.3) is 5.91 Å². The molecule has 0 spiro atoms. The Morgan fingerprint density at radius 2 is 1.85 bits per heavy atom. The number of amides is 1. The Hall–Kier alpha value is -2.01. The summed E-state index contributed by atoms with van der Waals surface area (Å²) in [4.78, 5) is 14.3. The highest BCUT2D eigenvalue weighted by Crippen LogP contribution is 2.36. The summed E-state index contributed by atoms with van der Waals surface area (Å²) in [6.07, 6.45) is 3.36. The molecule has 1 amide bonds. The lowest BCUT2D eigenvalue weighted by Gasteiger charge is -2.18. The maximum Gasteiger partial charge on any atom is 0.261 e. The van der Waals surface area contributed by atoms with Crippen molar-refractivity contribution < 1.29 is 14.3 Å². The minimum atomic E-state index is 0.0100. The first-order chi connectivity index (χ1) is 12.5. The molecule has 1 atom stereocenters. The first-order valence-electron chi connectivity index (χ1n) is 9.33. The summed E-state index contributed by atoms with van der Waals surface area (Å²) in [6, 6.07) is 10.0. The first-order valence-corrected chi connectivity index (χ1v) is 10.2. The summed E-state index contributed by atoms with van der Waals surface area (Å²) in [6.45, 7) is 7.70. The van der Waals surface area contributed by atoms with Gasteiger partial charge in [0, 0.05) is 10.9 Å². The zero-order chi connectivity index (χ0) is 18.5. The second-order valence-corrected chi connectivity index (χ2v) is 8.31. The number of thiophene rings is 1. The molecule has 1 unspecified atom stereocenters. The molecule has 1 aromatic heterocycles. The van der Waals surface area contributed by atoms with E-state index in [1.165, 1.54) is 17.8 Å². The van der Waals surface area contributed by atoms with Crippen LogP contribution >= 0.6 is 11.3 Å². The van der Waals surface area contributed by atoms with Gasteiger partial charge in [-0.1, -0.05) is 26.7 Å². The van der Waals surface area contributed by atoms with Crippen LogP contribution in [0.3, 0.4) is 0 Å². The average molecular weight is 374 g/mol. The minimum absolute atomic E-state index is 0.0100. The lowest BCUT2D eigenvalue weighted by molar-refractivity contribution is 0.0942. The van der Waals surface area contributed by atoms with Gasteiger partial charge < -0.3 is 14.8 Å². The zero-order valence-electron chi connectivity index (χ0n) is 15.7. The third-order valence-corrected chi connectivity index (χ3v) is 5.59. The molecule has 1 aliphatic rings. The third kappa shape index (κ3) is 4.79. The van der Waals surface area contributed by atoms with Crippen molar-refractivity contribution in [1.82, 2.24) is 5.32 Å². The van der Waals surface area contributed by atoms with E-state index in [0.717, 1.165) is 39.7 Å². The molecule has 4 nitrogen and oxygen atoms in total. The lowest BCUT2D eigenvalue weighted by Crippen LogP contribution is -2.31. The van der Waals surface area contributed by atoms with Crippen LogP contribution in [0.1, 0.15) is 49.7 Å². The van der Waals surface area contributed by atoms with Crippen LogP contribution in [0.5, 0.6) is 11.5 Å². The van der Waals surface area contributed by atoms with Crippen molar-refractivity contribution >= 4 is 17.2 Å². The van der Waals surface area contributed by atoms with E-state index in [0.29, 0.717) is 19.1 Å². The Morgan fingerprint density at radius 1 is 1.08 bits per heavy atom. The second-order valence-electron chi connectivity index (χ2n) is 7.22. The van der Waals surface area contributed by atoms with Gasteiger partial charge in [0.2, 0.25) is 0 Å². The van der Waals surface area contributed by atoms with Crippen molar-refractivity contribution in [3.63, 3.8) is 0 Å². The lowest BCUT2D eigenvalue weighted by atomic mass is 10.0. The first kappa shape index (κ1) is 18.8. The van der Waals surface area contributed by atoms with Crippen LogP contribution in [0.2, 0.25) is 0 Å². The molecular formula is C21H27NO3S. The number of rotatable bonds is 7. The topological polar surface area (TPSA) is 47.6 Å². The number of hydrogen-bond acceptors (Lipinski definition) is 4. The molecule has 2 aromatic rings. The van der Waals surface area contributed by atoms with Gasteiger partial charge in [0.05, 0.1) is 4.88 Å². The molecule has 0 aliphatic carbocycles. The Labute approximate surface area is 159 Å². The highest BCUT2D eigenvalue weighted by Gasteiger charge is 2.16. The molecule has 1 N–H and O–H groups in total. The van der Waals surface area contributed by atoms with E-state index in [4.69, 9.17) is 9.47 Å². The number of carbonyl (C=O) groups is 1. The molecule has 140 valence electrons. The zero-order valence-corrected chi connectivity index (χ0v) is 16.5. The minimum Gasteiger partial charge on any atom is -0.486 e. The molecule has 0 radical (unpaired) electrons. The van der Waals surface area contributed by atoms with Crippen LogP contribution in [0.4, 0.5) is 0 Å². The summed E-state index contributed by atoms with van der Waals surface area (Å²) in [7, 11) is 0. The van der Waals surface area contributed by atoms with Crippen LogP contribution in [-0.2, 0) is 0 Å². The summed E-state index contributed by atoms with van der Waals surface area (Å²) < 4.78 is 11.2. The van der Waals surface area contributed by atoms with Crippen molar-refractivity contribution in [2.45, 2.75) is 46.1 Å². The van der Waals surface area contributed by atoms with Crippen molar-refractivity contribution in [1.29, 1.82) is 0 Å². The molecule has 1 aromatic carbocycles. The van der Waals surface area contributed by atoms with Gasteiger partial charge in [-0.05, 0) is 55.2 Å². The molecule has 0 saturated carbocycles. The van der Waals surface area contributed by atoms with Gasteiger partial charge in [-0.3, -0.25) is 4.79 Å². The Morgan fingerprint density at radius 3 is 2.62 bits per heavy atom. The molecular weight excluding hydrogens is 346 g/mol. The van der Waals surface area contributed by atoms with E-state index >= 15 is 0 Å². The molecule has 5 heteroatoms. The SMILES string of the molecule is CC(C)CCCC(C)NC(=O)c1ccc(-c2ccc3c(c2)OCCO3)s1. The molecule has 0 fully saturated rings. The monoisotopic (exact) mass is 373 g/mol. The smallest absolute Gasteiger partial charge is 0.261 e. The highest BCUT2D eigenvalue weighted by atomic mass is 32.1. The molecule has 0 saturated heterocycles. The number of nitrogens with one attached hydrogen (secondary N) is 1. The number of fused-ring (bicyclic) bond motifs is 1. The largest absolute Gasteiger partial charge is 0.486 e. The predicted octanol–water partition coefficient (Wildman–Crippen LogP) is 5.13. The van der Waals surface area contributed by atoms with E-state index in [-0.39, 0.29) is 11.9 Å². The number of ether oxygens (including phenoxy) is 2. The number of hydrogen-bond donors (Lipinski definition) is 1. The van der Waals surface area contributed by atoms with Crippen LogP contribution in [0.15, 0.2) is 30.3 Å². The van der Waals surface area contributed by atoms with Gasteiger partial charge in [0.15, 0.2) is 11.5 Å². The Balaban J connectivity index is 1.61. The van der Waals surface area contributed by atoms with Crippen molar-refractivity contribution in [3.05, 3.63) is 35.2 Å². The number of benzene rings is 1. The van der Waals surface area contributed by atoms with E-state index in [1.54, 1.807) is 0 Å². The van der Waals surface area contributed by atoms with E-state index in [9.17, 15) is 4.79 Å². The summed E-state index contributed by atoms with van der Waals surface area (Å²) in [5.74, 6) is 2.27. The summed E-state index contributed by atoms with van der Waals surface area (Å²) >= 11 is 1.51. The fourth-order valence-electron chi connectivity index (χ4n) is 3.01. The second kappa shape index (κ2) is 8.58. The van der Waals surface area contributed by atoms with E-state index < -0.39 is 0 Å². The van der Waals surface area contributed by atoms with Crippen molar-refractivity contribution in [2.75, 3.05) is 13.2 Å². The predicted molar refractivity (Wildman–Crippen MR) is 106 cm³/mol. The summed E-state index contributed by atoms with van der Waals surface area (Å²) in [5.41, 5.74) is 1.04. The van der Waals surface area contributed by atoms with Crippen molar-refractivity contribution in [3.8, 4) is 21.9 Å². The highest BCUT2D eigenvalue weighted by molar-refractivity contribution is 7.17. The van der Waals surface area contributed by atoms with Gasteiger partial charge in [-0.2, -0.15) is 0 Å².